The Bertz CT molecular complexity index is 243. The van der Waals surface area contributed by atoms with Crippen molar-refractivity contribution in [2.24, 2.45) is 0 Å². The Kier molecular flexibility index (Phi) is 1.57. The Labute approximate surface area is 57.1 Å². The lowest BCUT2D eigenvalue weighted by molar-refractivity contribution is 0.0960. The average molecular weight is 141 g/mol. The van der Waals surface area contributed by atoms with Crippen molar-refractivity contribution in [3.8, 4) is 5.88 Å². The third kappa shape index (κ3) is 0.928. The minimum Gasteiger partial charge on any atom is -0.492 e. The minimum atomic E-state index is -0.355. The first-order valence-corrected chi connectivity index (χ1v) is 2.70. The highest BCUT2D eigenvalue weighted by atomic mass is 16.3. The van der Waals surface area contributed by atoms with Gasteiger partial charge in [0, 0.05) is 13.2 Å². The molecule has 0 aromatic carbocycles. The van der Waals surface area contributed by atoms with E-state index in [0.29, 0.717) is 0 Å². The molecule has 54 valence electrons. The van der Waals surface area contributed by atoms with E-state index in [4.69, 9.17) is 5.11 Å². The van der Waals surface area contributed by atoms with Gasteiger partial charge >= 0.3 is 0 Å². The van der Waals surface area contributed by atoms with Crippen LogP contribution in [0.5, 0.6) is 5.88 Å². The van der Waals surface area contributed by atoms with Crippen molar-refractivity contribution < 1.29 is 9.90 Å². The third-order valence-electron chi connectivity index (χ3n) is 1.09. The Morgan fingerprint density at radius 1 is 1.90 bits per heavy atom. The number of aromatic hydroxyl groups is 1. The summed E-state index contributed by atoms with van der Waals surface area (Å²) in [4.78, 5) is 10.8. The molecule has 0 saturated heterocycles. The molecule has 0 radical (unpaired) electrons. The molecule has 10 heavy (non-hydrogen) atoms. The Balaban J connectivity index is 2.93. The van der Waals surface area contributed by atoms with Crippen LogP contribution in [0.1, 0.15) is 10.4 Å². The number of hydrogen-bond acceptors (Lipinski definition) is 3. The average Bonchev–Trinajstić information content (AvgIpc) is 2.34. The van der Waals surface area contributed by atoms with E-state index < -0.39 is 0 Å². The molecular weight excluding hydrogens is 134 g/mol. The summed E-state index contributed by atoms with van der Waals surface area (Å²) in [6, 6.07) is 0. The molecule has 0 unspecified atom stereocenters. The van der Waals surface area contributed by atoms with Crippen molar-refractivity contribution >= 4 is 5.91 Å². The zero-order valence-electron chi connectivity index (χ0n) is 5.38. The lowest BCUT2D eigenvalue weighted by Crippen LogP contribution is -2.16. The smallest absolute Gasteiger partial charge is 0.258 e. The molecule has 5 nitrogen and oxygen atoms in total. The van der Waals surface area contributed by atoms with Crippen LogP contribution in [0.25, 0.3) is 0 Å². The van der Waals surface area contributed by atoms with Gasteiger partial charge in [0.05, 0.1) is 0 Å². The number of carbonyl (C=O) groups is 1. The predicted octanol–water partition coefficient (Wildman–Crippen LogP) is -0.525. The van der Waals surface area contributed by atoms with Crippen molar-refractivity contribution in [3.63, 3.8) is 0 Å². The molecule has 1 aromatic heterocycles. The van der Waals surface area contributed by atoms with Crippen LogP contribution in [-0.4, -0.2) is 28.3 Å². The first-order chi connectivity index (χ1) is 4.75. The summed E-state index contributed by atoms with van der Waals surface area (Å²) in [6.07, 6.45) is 1.33. The Morgan fingerprint density at radius 3 is 3.00 bits per heavy atom. The van der Waals surface area contributed by atoms with Gasteiger partial charge in [-0.3, -0.25) is 9.89 Å². The summed E-state index contributed by atoms with van der Waals surface area (Å²) in [5.41, 5.74) is 0.155. The normalized spacial score (nSPS) is 9.30. The molecule has 1 aromatic rings. The van der Waals surface area contributed by atoms with E-state index in [2.05, 4.69) is 15.5 Å². The van der Waals surface area contributed by atoms with E-state index in [0.717, 1.165) is 0 Å². The van der Waals surface area contributed by atoms with Crippen LogP contribution in [0.2, 0.25) is 0 Å². The van der Waals surface area contributed by atoms with Crippen molar-refractivity contribution in [1.82, 2.24) is 15.5 Å². The van der Waals surface area contributed by atoms with Crippen molar-refractivity contribution in [2.75, 3.05) is 7.05 Å². The number of H-pyrrole nitrogens is 1. The summed E-state index contributed by atoms with van der Waals surface area (Å²) < 4.78 is 0. The standard InChI is InChI=1S/C5H7N3O2/c1-6-4(9)3-2-7-8-5(3)10/h2H,1H3,(H,6,9)(H2,7,8,10). The van der Waals surface area contributed by atoms with Crippen LogP contribution in [0.3, 0.4) is 0 Å². The molecule has 0 aliphatic carbocycles. The van der Waals surface area contributed by atoms with Crippen LogP contribution in [0.4, 0.5) is 0 Å². The first-order valence-electron chi connectivity index (χ1n) is 2.70. The van der Waals surface area contributed by atoms with Gasteiger partial charge in [-0.2, -0.15) is 0 Å². The number of rotatable bonds is 1. The number of nitrogens with one attached hydrogen (secondary N) is 2. The lowest BCUT2D eigenvalue weighted by Gasteiger charge is -1.92. The van der Waals surface area contributed by atoms with Gasteiger partial charge in [0.1, 0.15) is 5.56 Å². The number of hydrogen-bond donors (Lipinski definition) is 3. The Hall–Kier alpha value is -1.52. The number of carbonyl (C=O) groups excluding carboxylic acids is 1. The maximum atomic E-state index is 10.8. The summed E-state index contributed by atoms with van der Waals surface area (Å²) in [7, 11) is 1.48. The van der Waals surface area contributed by atoms with Gasteiger partial charge in [-0.05, 0) is 0 Å². The van der Waals surface area contributed by atoms with Gasteiger partial charge in [0.25, 0.3) is 5.91 Å². The number of nitrogens with zero attached hydrogens (tertiary/aromatic N) is 1. The molecule has 0 aliphatic rings. The molecular formula is C5H7N3O2. The van der Waals surface area contributed by atoms with Crippen molar-refractivity contribution in [1.29, 1.82) is 0 Å². The SMILES string of the molecule is CNC(=O)c1c[nH]nc1O. The monoisotopic (exact) mass is 141 g/mol. The van der Waals surface area contributed by atoms with Gasteiger partial charge in [-0.15, -0.1) is 5.10 Å². The topological polar surface area (TPSA) is 78.0 Å². The summed E-state index contributed by atoms with van der Waals surface area (Å²) >= 11 is 0. The minimum absolute atomic E-state index is 0.155. The fraction of sp³-hybridized carbons (Fsp3) is 0.200. The van der Waals surface area contributed by atoms with E-state index in [-0.39, 0.29) is 17.4 Å². The van der Waals surface area contributed by atoms with Crippen LogP contribution in [0, 0.1) is 0 Å². The quantitative estimate of drug-likeness (QED) is 0.492. The highest BCUT2D eigenvalue weighted by molar-refractivity contribution is 5.95. The molecule has 3 N–H and O–H groups in total. The van der Waals surface area contributed by atoms with Crippen LogP contribution >= 0.6 is 0 Å². The maximum Gasteiger partial charge on any atom is 0.258 e. The van der Waals surface area contributed by atoms with Gasteiger partial charge in [-0.1, -0.05) is 0 Å². The van der Waals surface area contributed by atoms with E-state index >= 15 is 0 Å². The highest BCUT2D eigenvalue weighted by Gasteiger charge is 2.10. The number of amides is 1. The molecule has 0 aliphatic heterocycles. The molecule has 1 amide bonds. The molecule has 0 spiro atoms. The summed E-state index contributed by atoms with van der Waals surface area (Å²) in [5, 5.41) is 16.9. The van der Waals surface area contributed by atoms with Crippen LogP contribution in [0.15, 0.2) is 6.20 Å². The van der Waals surface area contributed by atoms with Crippen molar-refractivity contribution in [2.45, 2.75) is 0 Å². The zero-order valence-corrected chi connectivity index (χ0v) is 5.38. The zero-order chi connectivity index (χ0) is 7.56. The molecule has 0 saturated carbocycles. The second kappa shape index (κ2) is 2.38. The van der Waals surface area contributed by atoms with E-state index in [1.165, 1.54) is 13.2 Å². The number of aromatic amines is 1. The van der Waals surface area contributed by atoms with E-state index in [1.807, 2.05) is 0 Å². The molecule has 0 atom stereocenters. The van der Waals surface area contributed by atoms with Gasteiger partial charge in [0.15, 0.2) is 0 Å². The first kappa shape index (κ1) is 6.60. The summed E-state index contributed by atoms with van der Waals surface area (Å²) in [5.74, 6) is -0.634. The molecule has 1 heterocycles. The molecule has 5 heteroatoms. The van der Waals surface area contributed by atoms with Gasteiger partial charge in [-0.25, -0.2) is 0 Å². The summed E-state index contributed by atoms with van der Waals surface area (Å²) in [6.45, 7) is 0. The van der Waals surface area contributed by atoms with E-state index in [1.54, 1.807) is 0 Å². The molecule has 0 fully saturated rings. The molecule has 0 bridgehead atoms. The predicted molar refractivity (Wildman–Crippen MR) is 33.6 cm³/mol. The Morgan fingerprint density at radius 2 is 2.60 bits per heavy atom. The molecule has 1 rings (SSSR count). The van der Waals surface area contributed by atoms with E-state index in [9.17, 15) is 4.79 Å². The largest absolute Gasteiger partial charge is 0.492 e. The number of aromatic nitrogens is 2. The highest BCUT2D eigenvalue weighted by Crippen LogP contribution is 2.09. The fourth-order valence-electron chi connectivity index (χ4n) is 0.585. The van der Waals surface area contributed by atoms with Crippen LogP contribution < -0.4 is 5.32 Å². The van der Waals surface area contributed by atoms with Gasteiger partial charge < -0.3 is 10.4 Å². The lowest BCUT2D eigenvalue weighted by atomic mass is 10.3. The fourth-order valence-corrected chi connectivity index (χ4v) is 0.585. The maximum absolute atomic E-state index is 10.8. The van der Waals surface area contributed by atoms with Gasteiger partial charge in [0.2, 0.25) is 5.88 Å². The van der Waals surface area contributed by atoms with Crippen molar-refractivity contribution in [3.05, 3.63) is 11.8 Å². The second-order valence-electron chi connectivity index (χ2n) is 1.70. The van der Waals surface area contributed by atoms with Crippen LogP contribution in [-0.2, 0) is 0 Å². The second-order valence-corrected chi connectivity index (χ2v) is 1.70. The third-order valence-corrected chi connectivity index (χ3v) is 1.09.